The Labute approximate surface area is 149 Å². The van der Waals surface area contributed by atoms with Crippen LogP contribution in [0.15, 0.2) is 18.3 Å². The molecule has 0 atom stereocenters. The van der Waals surface area contributed by atoms with E-state index in [1.54, 1.807) is 12.3 Å². The van der Waals surface area contributed by atoms with Crippen molar-refractivity contribution in [1.29, 1.82) is 0 Å². The molecule has 0 saturated carbocycles. The van der Waals surface area contributed by atoms with E-state index in [9.17, 15) is 13.2 Å². The van der Waals surface area contributed by atoms with Gasteiger partial charge < -0.3 is 10.1 Å². The summed E-state index contributed by atoms with van der Waals surface area (Å²) in [6, 6.07) is 3.46. The van der Waals surface area contributed by atoms with E-state index >= 15 is 0 Å². The van der Waals surface area contributed by atoms with Gasteiger partial charge >= 0.3 is 0 Å². The number of rotatable bonds is 7. The van der Waals surface area contributed by atoms with Crippen LogP contribution in [0, 0.1) is 6.92 Å². The Hall–Kier alpha value is -1.55. The summed E-state index contributed by atoms with van der Waals surface area (Å²) in [4.78, 5) is 16.3. The summed E-state index contributed by atoms with van der Waals surface area (Å²) in [5.74, 6) is -0.299. The monoisotopic (exact) mass is 370 g/mol. The van der Waals surface area contributed by atoms with E-state index in [4.69, 9.17) is 4.74 Å². The molecule has 0 spiro atoms. The van der Waals surface area contributed by atoms with Crippen LogP contribution in [0.3, 0.4) is 0 Å². The number of carbonyl (C=O) groups excluding carboxylic acids is 1. The fourth-order valence-electron chi connectivity index (χ4n) is 2.76. The maximum absolute atomic E-state index is 12.6. The smallest absolute Gasteiger partial charge is 0.281 e. The molecule has 140 valence electrons. The second kappa shape index (κ2) is 8.70. The Balaban J connectivity index is 2.02. The first kappa shape index (κ1) is 19.8. The van der Waals surface area contributed by atoms with Crippen LogP contribution in [0.2, 0.25) is 0 Å². The minimum atomic E-state index is -3.57. The first-order chi connectivity index (χ1) is 11.8. The Bertz CT molecular complexity index is 687. The summed E-state index contributed by atoms with van der Waals surface area (Å²) in [6.07, 6.45) is 2.87. The predicted molar refractivity (Wildman–Crippen MR) is 94.5 cm³/mol. The van der Waals surface area contributed by atoms with Crippen molar-refractivity contribution in [1.82, 2.24) is 18.9 Å². The minimum absolute atomic E-state index is 0.116. The number of hydrogen-bond donors (Lipinski definition) is 1. The van der Waals surface area contributed by atoms with Crippen molar-refractivity contribution in [3.05, 3.63) is 29.6 Å². The van der Waals surface area contributed by atoms with Gasteiger partial charge in [-0.1, -0.05) is 6.07 Å². The Kier molecular flexibility index (Phi) is 6.88. The van der Waals surface area contributed by atoms with Crippen molar-refractivity contribution >= 4 is 16.1 Å². The Morgan fingerprint density at radius 3 is 2.64 bits per heavy atom. The SMILES string of the molecule is Cc1cccnc1C(=O)NCCN(C1CCOCC1)S(=O)(=O)N(C)C. The second-order valence-electron chi connectivity index (χ2n) is 6.17. The highest BCUT2D eigenvalue weighted by Gasteiger charge is 2.32. The molecule has 0 aromatic carbocycles. The summed E-state index contributed by atoms with van der Waals surface area (Å²) in [7, 11) is -0.542. The molecule has 8 nitrogen and oxygen atoms in total. The van der Waals surface area contributed by atoms with Gasteiger partial charge in [0.1, 0.15) is 5.69 Å². The zero-order chi connectivity index (χ0) is 18.4. The molecule has 25 heavy (non-hydrogen) atoms. The minimum Gasteiger partial charge on any atom is -0.381 e. The van der Waals surface area contributed by atoms with Crippen LogP contribution >= 0.6 is 0 Å². The maximum atomic E-state index is 12.6. The number of aromatic nitrogens is 1. The molecule has 2 heterocycles. The number of nitrogens with one attached hydrogen (secondary N) is 1. The van der Waals surface area contributed by atoms with Crippen LogP contribution < -0.4 is 5.32 Å². The van der Waals surface area contributed by atoms with Crippen LogP contribution in [0.5, 0.6) is 0 Å². The molecular formula is C16H26N4O4S. The normalized spacial score (nSPS) is 16.4. The van der Waals surface area contributed by atoms with Crippen molar-refractivity contribution in [2.45, 2.75) is 25.8 Å². The van der Waals surface area contributed by atoms with Gasteiger partial charge in [-0.15, -0.1) is 0 Å². The third kappa shape index (κ3) is 4.97. The van der Waals surface area contributed by atoms with E-state index < -0.39 is 10.2 Å². The van der Waals surface area contributed by atoms with Crippen LogP contribution in [0.25, 0.3) is 0 Å². The topological polar surface area (TPSA) is 91.8 Å². The lowest BCUT2D eigenvalue weighted by Crippen LogP contribution is -2.50. The second-order valence-corrected chi connectivity index (χ2v) is 8.26. The average Bonchev–Trinajstić information content (AvgIpc) is 2.59. The van der Waals surface area contributed by atoms with Gasteiger partial charge in [-0.25, -0.2) is 0 Å². The molecule has 0 unspecified atom stereocenters. The number of amides is 1. The van der Waals surface area contributed by atoms with Gasteiger partial charge in [0.25, 0.3) is 16.1 Å². The van der Waals surface area contributed by atoms with Gasteiger partial charge in [0.15, 0.2) is 0 Å². The fraction of sp³-hybridized carbons (Fsp3) is 0.625. The zero-order valence-corrected chi connectivity index (χ0v) is 15.8. The van der Waals surface area contributed by atoms with Gasteiger partial charge in [0, 0.05) is 52.6 Å². The number of nitrogens with zero attached hydrogens (tertiary/aromatic N) is 3. The molecule has 1 fully saturated rings. The van der Waals surface area contributed by atoms with Crippen molar-refractivity contribution in [3.8, 4) is 0 Å². The molecule has 2 rings (SSSR count). The molecule has 1 aliphatic rings. The lowest BCUT2D eigenvalue weighted by Gasteiger charge is -2.34. The van der Waals surface area contributed by atoms with Gasteiger partial charge in [-0.3, -0.25) is 9.78 Å². The van der Waals surface area contributed by atoms with E-state index in [-0.39, 0.29) is 25.0 Å². The summed E-state index contributed by atoms with van der Waals surface area (Å²) in [5.41, 5.74) is 1.14. The lowest BCUT2D eigenvalue weighted by atomic mass is 10.1. The van der Waals surface area contributed by atoms with Gasteiger partial charge in [0.05, 0.1) is 0 Å². The highest BCUT2D eigenvalue weighted by molar-refractivity contribution is 7.86. The third-order valence-corrected chi connectivity index (χ3v) is 6.19. The molecule has 1 aromatic rings. The molecule has 1 aliphatic heterocycles. The first-order valence-electron chi connectivity index (χ1n) is 8.31. The molecule has 1 amide bonds. The summed E-state index contributed by atoms with van der Waals surface area (Å²) in [5, 5.41) is 2.76. The highest BCUT2D eigenvalue weighted by Crippen LogP contribution is 2.19. The molecule has 0 aliphatic carbocycles. The van der Waals surface area contributed by atoms with E-state index in [1.165, 1.54) is 22.7 Å². The average molecular weight is 370 g/mol. The Morgan fingerprint density at radius 2 is 2.04 bits per heavy atom. The van der Waals surface area contributed by atoms with Crippen molar-refractivity contribution in [2.24, 2.45) is 0 Å². The van der Waals surface area contributed by atoms with Crippen LogP contribution in [-0.4, -0.2) is 74.4 Å². The zero-order valence-electron chi connectivity index (χ0n) is 14.9. The number of carbonyl (C=O) groups is 1. The number of ether oxygens (including phenoxy) is 1. The molecule has 1 saturated heterocycles. The summed E-state index contributed by atoms with van der Waals surface area (Å²) >= 11 is 0. The molecule has 1 aromatic heterocycles. The quantitative estimate of drug-likeness (QED) is 0.750. The lowest BCUT2D eigenvalue weighted by molar-refractivity contribution is 0.0571. The summed E-state index contributed by atoms with van der Waals surface area (Å²) in [6.45, 7) is 3.34. The number of pyridine rings is 1. The number of hydrogen-bond acceptors (Lipinski definition) is 5. The third-order valence-electron chi connectivity index (χ3n) is 4.20. The molecule has 0 radical (unpaired) electrons. The van der Waals surface area contributed by atoms with Crippen LogP contribution in [-0.2, 0) is 14.9 Å². The molecule has 1 N–H and O–H groups in total. The van der Waals surface area contributed by atoms with E-state index in [2.05, 4.69) is 10.3 Å². The Morgan fingerprint density at radius 1 is 1.36 bits per heavy atom. The van der Waals surface area contributed by atoms with Crippen molar-refractivity contribution in [2.75, 3.05) is 40.4 Å². The molecule has 9 heteroatoms. The van der Waals surface area contributed by atoms with E-state index in [1.807, 2.05) is 13.0 Å². The first-order valence-corrected chi connectivity index (χ1v) is 9.70. The predicted octanol–water partition coefficient (Wildman–Crippen LogP) is 0.407. The van der Waals surface area contributed by atoms with Gasteiger partial charge in [-0.2, -0.15) is 17.0 Å². The van der Waals surface area contributed by atoms with E-state index in [0.29, 0.717) is 31.7 Å². The van der Waals surface area contributed by atoms with Crippen molar-refractivity contribution < 1.29 is 17.9 Å². The van der Waals surface area contributed by atoms with Crippen LogP contribution in [0.4, 0.5) is 0 Å². The standard InChI is InChI=1S/C16H26N4O4S/c1-13-5-4-8-17-15(13)16(21)18-9-10-20(25(22,23)19(2)3)14-6-11-24-12-7-14/h4-5,8,14H,6-7,9-12H2,1-3H3,(H,18,21). The molecule has 0 bridgehead atoms. The number of aryl methyl sites for hydroxylation is 1. The fourth-order valence-corrected chi connectivity index (χ4v) is 4.09. The summed E-state index contributed by atoms with van der Waals surface area (Å²) < 4.78 is 33.2. The molecular weight excluding hydrogens is 344 g/mol. The van der Waals surface area contributed by atoms with Crippen molar-refractivity contribution in [3.63, 3.8) is 0 Å². The highest BCUT2D eigenvalue weighted by atomic mass is 32.2. The van der Waals surface area contributed by atoms with Gasteiger partial charge in [-0.05, 0) is 31.4 Å². The van der Waals surface area contributed by atoms with Gasteiger partial charge in [0.2, 0.25) is 0 Å². The maximum Gasteiger partial charge on any atom is 0.281 e. The van der Waals surface area contributed by atoms with E-state index in [0.717, 1.165) is 5.56 Å². The largest absolute Gasteiger partial charge is 0.381 e. The van der Waals surface area contributed by atoms with Crippen LogP contribution in [0.1, 0.15) is 28.9 Å².